The Morgan fingerprint density at radius 1 is 1.12 bits per heavy atom. The molecular formula is C26H28ClN3O3. The molecular weight excluding hydrogens is 438 g/mol. The molecule has 2 aliphatic heterocycles. The van der Waals surface area contributed by atoms with Crippen molar-refractivity contribution >= 4 is 39.7 Å². The molecule has 3 heterocycles. The van der Waals surface area contributed by atoms with Crippen molar-refractivity contribution < 1.29 is 9.52 Å². The van der Waals surface area contributed by atoms with Gasteiger partial charge in [-0.05, 0) is 49.6 Å². The zero-order valence-electron chi connectivity index (χ0n) is 18.5. The van der Waals surface area contributed by atoms with Crippen LogP contribution < -0.4 is 10.5 Å². The van der Waals surface area contributed by atoms with E-state index in [1.807, 2.05) is 42.5 Å². The Labute approximate surface area is 198 Å². The van der Waals surface area contributed by atoms with Gasteiger partial charge in [0.25, 0.3) is 0 Å². The van der Waals surface area contributed by atoms with Crippen LogP contribution in [0.2, 0.25) is 0 Å². The number of nitrogens with zero attached hydrogens (tertiary/aromatic N) is 3. The van der Waals surface area contributed by atoms with Crippen molar-refractivity contribution in [3.63, 3.8) is 0 Å². The van der Waals surface area contributed by atoms with Crippen molar-refractivity contribution in [3.05, 3.63) is 69.6 Å². The standard InChI is InChI=1S/C26H28ClN3O3/c27-20-6-4-18-2-1-3-24(28-23(18)9-7-20)22-16-19-5-8-21(17-25(19)33-26(22)32)30-12-10-29(11-13-30)14-15-31/h3,5-9,16-18,31H,1-2,4,10-15H2. The number of aliphatic hydroxyl groups is 1. The fourth-order valence-corrected chi connectivity index (χ4v) is 4.91. The Morgan fingerprint density at radius 3 is 2.79 bits per heavy atom. The average molecular weight is 466 g/mol. The third-order valence-electron chi connectivity index (χ3n) is 6.68. The molecule has 1 aliphatic carbocycles. The summed E-state index contributed by atoms with van der Waals surface area (Å²) in [6, 6.07) is 7.94. The normalized spacial score (nSPS) is 21.7. The van der Waals surface area contributed by atoms with Crippen molar-refractivity contribution in [1.82, 2.24) is 4.90 Å². The van der Waals surface area contributed by atoms with Gasteiger partial charge in [-0.15, -0.1) is 0 Å². The summed E-state index contributed by atoms with van der Waals surface area (Å²) in [5.74, 6) is 0.305. The quantitative estimate of drug-likeness (QED) is 0.686. The van der Waals surface area contributed by atoms with Crippen molar-refractivity contribution in [1.29, 1.82) is 0 Å². The van der Waals surface area contributed by atoms with Crippen LogP contribution in [-0.4, -0.2) is 55.0 Å². The molecule has 5 rings (SSSR count). The van der Waals surface area contributed by atoms with Crippen LogP contribution in [0.1, 0.15) is 24.8 Å². The first-order valence-corrected chi connectivity index (χ1v) is 12.0. The lowest BCUT2D eigenvalue weighted by Gasteiger charge is -2.35. The average Bonchev–Trinajstić information content (AvgIpc) is 3.13. The first-order valence-electron chi connectivity index (χ1n) is 11.6. The van der Waals surface area contributed by atoms with Gasteiger partial charge in [0, 0.05) is 66.5 Å². The van der Waals surface area contributed by atoms with Crippen molar-refractivity contribution in [2.45, 2.75) is 19.3 Å². The molecule has 1 aromatic carbocycles. The molecule has 0 amide bonds. The number of halogens is 1. The smallest absolute Gasteiger partial charge is 0.345 e. The predicted octanol–water partition coefficient (Wildman–Crippen LogP) is 4.18. The lowest BCUT2D eigenvalue weighted by molar-refractivity contribution is 0.189. The monoisotopic (exact) mass is 465 g/mol. The molecule has 1 N–H and O–H groups in total. The van der Waals surface area contributed by atoms with Crippen LogP contribution >= 0.6 is 11.6 Å². The Hall–Kier alpha value is -2.67. The maximum atomic E-state index is 13.0. The second kappa shape index (κ2) is 9.67. The zero-order chi connectivity index (χ0) is 22.8. The highest BCUT2D eigenvalue weighted by Crippen LogP contribution is 2.30. The Balaban J connectivity index is 1.42. The maximum Gasteiger partial charge on any atom is 0.345 e. The Bertz CT molecular complexity index is 1220. The van der Waals surface area contributed by atoms with Gasteiger partial charge in [0.05, 0.1) is 17.9 Å². The van der Waals surface area contributed by atoms with Crippen LogP contribution in [0.4, 0.5) is 5.69 Å². The highest BCUT2D eigenvalue weighted by molar-refractivity contribution is 6.31. The number of allylic oxidation sites excluding steroid dienone is 5. The Morgan fingerprint density at radius 2 is 1.97 bits per heavy atom. The van der Waals surface area contributed by atoms with Gasteiger partial charge in [-0.2, -0.15) is 0 Å². The van der Waals surface area contributed by atoms with Crippen LogP contribution in [0.15, 0.2) is 67.8 Å². The molecule has 1 fully saturated rings. The number of benzene rings is 1. The number of anilines is 1. The molecule has 172 valence electrons. The number of fused-ring (bicyclic) bond motifs is 2. The molecule has 0 radical (unpaired) electrons. The largest absolute Gasteiger partial charge is 0.422 e. The minimum atomic E-state index is -0.366. The van der Waals surface area contributed by atoms with Crippen molar-refractivity contribution in [3.8, 4) is 0 Å². The van der Waals surface area contributed by atoms with Crippen LogP contribution in [0, 0.1) is 5.92 Å². The summed E-state index contributed by atoms with van der Waals surface area (Å²) in [5, 5.41) is 10.8. The highest BCUT2D eigenvalue weighted by atomic mass is 35.5. The SMILES string of the molecule is O=c1oc2cc(N3CCN(CCO)CC3)ccc2cc1C1=CCCC2CC=C(Cl)C=CC2=N1. The maximum absolute atomic E-state index is 13.0. The molecule has 7 heteroatoms. The molecule has 1 atom stereocenters. The first-order chi connectivity index (χ1) is 16.1. The van der Waals surface area contributed by atoms with E-state index in [9.17, 15) is 4.79 Å². The number of β-amino-alcohol motifs (C(OH)–C–C–N with tert-alkyl or cyclic N) is 1. The molecule has 33 heavy (non-hydrogen) atoms. The van der Waals surface area contributed by atoms with E-state index in [0.717, 1.165) is 67.3 Å². The summed E-state index contributed by atoms with van der Waals surface area (Å²) in [6.45, 7) is 4.48. The van der Waals surface area contributed by atoms with Gasteiger partial charge in [0.2, 0.25) is 0 Å². The molecule has 6 nitrogen and oxygen atoms in total. The van der Waals surface area contributed by atoms with E-state index >= 15 is 0 Å². The summed E-state index contributed by atoms with van der Waals surface area (Å²) in [4.78, 5) is 22.4. The van der Waals surface area contributed by atoms with E-state index in [1.165, 1.54) is 0 Å². The fraction of sp³-hybridized carbons (Fsp3) is 0.385. The molecule has 0 spiro atoms. The van der Waals surface area contributed by atoms with Gasteiger partial charge < -0.3 is 14.4 Å². The van der Waals surface area contributed by atoms with Crippen LogP contribution in [0.25, 0.3) is 16.7 Å². The molecule has 1 unspecified atom stereocenters. The van der Waals surface area contributed by atoms with Gasteiger partial charge in [-0.3, -0.25) is 9.89 Å². The van der Waals surface area contributed by atoms with Crippen LogP contribution in [-0.2, 0) is 0 Å². The summed E-state index contributed by atoms with van der Waals surface area (Å²) >= 11 is 6.18. The third kappa shape index (κ3) is 4.83. The van der Waals surface area contributed by atoms with E-state index in [2.05, 4.69) is 15.9 Å². The minimum absolute atomic E-state index is 0.188. The summed E-state index contributed by atoms with van der Waals surface area (Å²) in [6.07, 6.45) is 10.6. The van der Waals surface area contributed by atoms with E-state index in [-0.39, 0.29) is 12.2 Å². The van der Waals surface area contributed by atoms with Gasteiger partial charge in [-0.1, -0.05) is 23.8 Å². The zero-order valence-corrected chi connectivity index (χ0v) is 19.3. The van der Waals surface area contributed by atoms with Crippen LogP contribution in [0.5, 0.6) is 0 Å². The number of piperazine rings is 1. The van der Waals surface area contributed by atoms with Crippen molar-refractivity contribution in [2.75, 3.05) is 44.2 Å². The number of aliphatic hydroxyl groups excluding tert-OH is 1. The number of hydrogen-bond donors (Lipinski definition) is 1. The number of hydrogen-bond acceptors (Lipinski definition) is 6. The second-order valence-corrected chi connectivity index (χ2v) is 9.22. The molecule has 0 saturated carbocycles. The summed E-state index contributed by atoms with van der Waals surface area (Å²) < 4.78 is 5.77. The summed E-state index contributed by atoms with van der Waals surface area (Å²) in [7, 11) is 0. The molecule has 3 aliphatic rings. The van der Waals surface area contributed by atoms with Gasteiger partial charge in [0.1, 0.15) is 5.58 Å². The third-order valence-corrected chi connectivity index (χ3v) is 6.96. The fourth-order valence-electron chi connectivity index (χ4n) is 4.76. The van der Waals surface area contributed by atoms with Gasteiger partial charge in [-0.25, -0.2) is 4.79 Å². The van der Waals surface area contributed by atoms with E-state index in [0.29, 0.717) is 29.3 Å². The van der Waals surface area contributed by atoms with E-state index in [4.69, 9.17) is 26.1 Å². The topological polar surface area (TPSA) is 69.3 Å². The van der Waals surface area contributed by atoms with E-state index in [1.54, 1.807) is 0 Å². The molecule has 1 aromatic heterocycles. The predicted molar refractivity (Wildman–Crippen MR) is 134 cm³/mol. The van der Waals surface area contributed by atoms with Gasteiger partial charge >= 0.3 is 5.63 Å². The molecule has 2 aromatic rings. The molecule has 1 saturated heterocycles. The lowest BCUT2D eigenvalue weighted by Crippen LogP contribution is -2.47. The summed E-state index contributed by atoms with van der Waals surface area (Å²) in [5.41, 5.74) is 3.40. The van der Waals surface area contributed by atoms with E-state index < -0.39 is 0 Å². The van der Waals surface area contributed by atoms with Crippen molar-refractivity contribution in [2.24, 2.45) is 10.9 Å². The van der Waals surface area contributed by atoms with Crippen LogP contribution in [0.3, 0.4) is 0 Å². The number of aliphatic imine (C=N–C) groups is 1. The lowest BCUT2D eigenvalue weighted by atomic mass is 9.95. The van der Waals surface area contributed by atoms with Gasteiger partial charge in [0.15, 0.2) is 0 Å². The first kappa shape index (κ1) is 22.1. The second-order valence-electron chi connectivity index (χ2n) is 8.78. The Kier molecular flexibility index (Phi) is 6.49. The minimum Gasteiger partial charge on any atom is -0.422 e. The highest BCUT2D eigenvalue weighted by Gasteiger charge is 2.21. The number of rotatable bonds is 4. The molecule has 0 bridgehead atoms.